The summed E-state index contributed by atoms with van der Waals surface area (Å²) in [6, 6.07) is 6.50. The van der Waals surface area contributed by atoms with E-state index in [2.05, 4.69) is 10.4 Å². The van der Waals surface area contributed by atoms with Gasteiger partial charge < -0.3 is 10.4 Å². The second-order valence-electron chi connectivity index (χ2n) is 4.12. The van der Waals surface area contributed by atoms with Gasteiger partial charge in [0.25, 0.3) is 0 Å². The highest BCUT2D eigenvalue weighted by atomic mass is 19.1. The Bertz CT molecular complexity index is 525. The highest BCUT2D eigenvalue weighted by Crippen LogP contribution is 2.20. The summed E-state index contributed by atoms with van der Waals surface area (Å²) in [5.41, 5.74) is 1.70. The molecule has 0 bridgehead atoms. The van der Waals surface area contributed by atoms with Crippen LogP contribution in [0.5, 0.6) is 5.75 Å². The van der Waals surface area contributed by atoms with Crippen LogP contribution in [0.1, 0.15) is 11.3 Å². The predicted octanol–water partition coefficient (Wildman–Crippen LogP) is 1.60. The van der Waals surface area contributed by atoms with Crippen molar-refractivity contribution in [2.24, 2.45) is 7.05 Å². The topological polar surface area (TPSA) is 50.1 Å². The van der Waals surface area contributed by atoms with Gasteiger partial charge in [-0.1, -0.05) is 12.1 Å². The van der Waals surface area contributed by atoms with Gasteiger partial charge in [-0.05, 0) is 12.1 Å². The number of hydrogen-bond donors (Lipinski definition) is 2. The molecular weight excluding hydrogens is 233 g/mol. The minimum absolute atomic E-state index is 0.273. The predicted molar refractivity (Wildman–Crippen MR) is 66.7 cm³/mol. The van der Waals surface area contributed by atoms with Crippen molar-refractivity contribution in [1.29, 1.82) is 0 Å². The van der Waals surface area contributed by atoms with Gasteiger partial charge >= 0.3 is 0 Å². The van der Waals surface area contributed by atoms with E-state index in [-0.39, 0.29) is 5.75 Å². The molecule has 1 aromatic carbocycles. The Labute approximate surface area is 105 Å². The number of hydrogen-bond acceptors (Lipinski definition) is 3. The third kappa shape index (κ3) is 2.87. The van der Waals surface area contributed by atoms with Crippen LogP contribution in [0.15, 0.2) is 30.5 Å². The summed E-state index contributed by atoms with van der Waals surface area (Å²) in [6.45, 7) is 1.19. The number of benzene rings is 1. The molecule has 0 aliphatic carbocycles. The first-order valence-corrected chi connectivity index (χ1v) is 5.82. The zero-order valence-corrected chi connectivity index (χ0v) is 10.2. The molecule has 2 rings (SSSR count). The zero-order chi connectivity index (χ0) is 13.0. The fraction of sp³-hybridized carbons (Fsp3) is 0.308. The van der Waals surface area contributed by atoms with Crippen molar-refractivity contribution in [3.05, 3.63) is 47.5 Å². The SMILES string of the molecule is Cn1nccc1CCNCc1cccc(F)c1O. The van der Waals surface area contributed by atoms with Gasteiger partial charge in [0.1, 0.15) is 0 Å². The van der Waals surface area contributed by atoms with E-state index in [1.807, 2.05) is 17.8 Å². The number of aryl methyl sites for hydroxylation is 1. The van der Waals surface area contributed by atoms with Crippen LogP contribution >= 0.6 is 0 Å². The van der Waals surface area contributed by atoms with E-state index in [0.717, 1.165) is 18.7 Å². The zero-order valence-electron chi connectivity index (χ0n) is 10.2. The van der Waals surface area contributed by atoms with Crippen LogP contribution in [0.2, 0.25) is 0 Å². The first kappa shape index (κ1) is 12.6. The molecule has 1 aromatic heterocycles. The van der Waals surface area contributed by atoms with Crippen LogP contribution in [-0.4, -0.2) is 21.4 Å². The van der Waals surface area contributed by atoms with E-state index in [0.29, 0.717) is 12.1 Å². The van der Waals surface area contributed by atoms with Crippen molar-refractivity contribution in [2.75, 3.05) is 6.54 Å². The van der Waals surface area contributed by atoms with Crippen LogP contribution < -0.4 is 5.32 Å². The molecule has 1 heterocycles. The monoisotopic (exact) mass is 249 g/mol. The van der Waals surface area contributed by atoms with Crippen molar-refractivity contribution in [3.63, 3.8) is 0 Å². The van der Waals surface area contributed by atoms with Crippen LogP contribution in [-0.2, 0) is 20.0 Å². The minimum atomic E-state index is -0.582. The molecule has 0 aliphatic rings. The Balaban J connectivity index is 1.82. The van der Waals surface area contributed by atoms with Gasteiger partial charge in [0.2, 0.25) is 0 Å². The van der Waals surface area contributed by atoms with Gasteiger partial charge in [-0.2, -0.15) is 5.10 Å². The van der Waals surface area contributed by atoms with Crippen molar-refractivity contribution in [2.45, 2.75) is 13.0 Å². The van der Waals surface area contributed by atoms with Gasteiger partial charge in [-0.25, -0.2) is 4.39 Å². The van der Waals surface area contributed by atoms with Gasteiger partial charge in [-0.15, -0.1) is 0 Å². The molecule has 0 atom stereocenters. The minimum Gasteiger partial charge on any atom is -0.505 e. The van der Waals surface area contributed by atoms with E-state index in [9.17, 15) is 9.50 Å². The number of halogens is 1. The van der Waals surface area contributed by atoms with Gasteiger partial charge in [0.05, 0.1) is 0 Å². The molecule has 4 nitrogen and oxygen atoms in total. The molecule has 0 unspecified atom stereocenters. The van der Waals surface area contributed by atoms with Crippen LogP contribution in [0.3, 0.4) is 0 Å². The summed E-state index contributed by atoms with van der Waals surface area (Å²) in [7, 11) is 1.90. The second-order valence-corrected chi connectivity index (χ2v) is 4.12. The largest absolute Gasteiger partial charge is 0.505 e. The van der Waals surface area contributed by atoms with Crippen molar-refractivity contribution < 1.29 is 9.50 Å². The lowest BCUT2D eigenvalue weighted by Crippen LogP contribution is -2.18. The average molecular weight is 249 g/mol. The third-order valence-electron chi connectivity index (χ3n) is 2.87. The third-order valence-corrected chi connectivity index (χ3v) is 2.87. The van der Waals surface area contributed by atoms with Gasteiger partial charge in [0, 0.05) is 44.0 Å². The molecule has 0 aliphatic heterocycles. The summed E-state index contributed by atoms with van der Waals surface area (Å²) in [5.74, 6) is -0.855. The van der Waals surface area contributed by atoms with E-state index in [1.54, 1.807) is 18.3 Å². The van der Waals surface area contributed by atoms with Gasteiger partial charge in [0.15, 0.2) is 11.6 Å². The molecule has 0 fully saturated rings. The number of rotatable bonds is 5. The number of aromatic nitrogens is 2. The number of phenolic OH excluding ortho intramolecular Hbond substituents is 1. The summed E-state index contributed by atoms with van der Waals surface area (Å²) >= 11 is 0. The Morgan fingerprint density at radius 2 is 2.22 bits per heavy atom. The maximum Gasteiger partial charge on any atom is 0.165 e. The molecule has 0 spiro atoms. The maximum atomic E-state index is 13.1. The lowest BCUT2D eigenvalue weighted by atomic mass is 10.2. The molecule has 5 heteroatoms. The number of nitrogens with one attached hydrogen (secondary N) is 1. The Morgan fingerprint density at radius 3 is 2.94 bits per heavy atom. The van der Waals surface area contributed by atoms with E-state index in [1.165, 1.54) is 6.07 Å². The lowest BCUT2D eigenvalue weighted by molar-refractivity contribution is 0.423. The summed E-state index contributed by atoms with van der Waals surface area (Å²) in [4.78, 5) is 0. The van der Waals surface area contributed by atoms with Crippen LogP contribution in [0, 0.1) is 5.82 Å². The van der Waals surface area contributed by atoms with Crippen molar-refractivity contribution in [3.8, 4) is 5.75 Å². The molecular formula is C13H16FN3O. The molecule has 18 heavy (non-hydrogen) atoms. The number of para-hydroxylation sites is 1. The highest BCUT2D eigenvalue weighted by Gasteiger charge is 2.05. The smallest absolute Gasteiger partial charge is 0.165 e. The maximum absolute atomic E-state index is 13.1. The molecule has 2 aromatic rings. The Hall–Kier alpha value is -1.88. The molecule has 0 saturated heterocycles. The normalized spacial score (nSPS) is 10.8. The summed E-state index contributed by atoms with van der Waals surface area (Å²) < 4.78 is 14.9. The first-order chi connectivity index (χ1) is 8.68. The average Bonchev–Trinajstić information content (AvgIpc) is 2.76. The lowest BCUT2D eigenvalue weighted by Gasteiger charge is -2.07. The summed E-state index contributed by atoms with van der Waals surface area (Å²) in [5, 5.41) is 16.7. The molecule has 2 N–H and O–H groups in total. The fourth-order valence-electron chi connectivity index (χ4n) is 1.79. The van der Waals surface area contributed by atoms with E-state index in [4.69, 9.17) is 0 Å². The number of nitrogens with zero attached hydrogens (tertiary/aromatic N) is 2. The number of phenols is 1. The standard InChI is InChI=1S/C13H16FN3O/c1-17-11(6-8-16-17)5-7-15-9-10-3-2-4-12(14)13(10)18/h2-4,6,8,15,18H,5,7,9H2,1H3. The molecule has 96 valence electrons. The molecule has 0 radical (unpaired) electrons. The van der Waals surface area contributed by atoms with Crippen LogP contribution in [0.25, 0.3) is 0 Å². The van der Waals surface area contributed by atoms with Crippen LogP contribution in [0.4, 0.5) is 4.39 Å². The quantitative estimate of drug-likeness (QED) is 0.791. The molecule has 0 amide bonds. The summed E-state index contributed by atoms with van der Waals surface area (Å²) in [6.07, 6.45) is 2.60. The first-order valence-electron chi connectivity index (χ1n) is 5.82. The van der Waals surface area contributed by atoms with E-state index >= 15 is 0 Å². The number of aromatic hydroxyl groups is 1. The van der Waals surface area contributed by atoms with Crippen molar-refractivity contribution in [1.82, 2.24) is 15.1 Å². The van der Waals surface area contributed by atoms with Gasteiger partial charge in [-0.3, -0.25) is 4.68 Å². The molecule has 0 saturated carbocycles. The second kappa shape index (κ2) is 5.64. The van der Waals surface area contributed by atoms with Crippen molar-refractivity contribution >= 4 is 0 Å². The Morgan fingerprint density at radius 1 is 1.39 bits per heavy atom. The Kier molecular flexibility index (Phi) is 3.94. The van der Waals surface area contributed by atoms with E-state index < -0.39 is 5.82 Å². The highest BCUT2D eigenvalue weighted by molar-refractivity contribution is 5.33. The fourth-order valence-corrected chi connectivity index (χ4v) is 1.79.